The van der Waals surface area contributed by atoms with Crippen LogP contribution in [-0.2, 0) is 79.4 Å². The molecule has 138 heavy (non-hydrogen) atoms. The molecule has 34 nitrogen and oxygen atoms in total. The molecule has 3 fully saturated rings. The van der Waals surface area contributed by atoms with Gasteiger partial charge in [0.2, 0.25) is 61.8 Å². The van der Waals surface area contributed by atoms with Gasteiger partial charge in [0.15, 0.2) is 17.5 Å². The molecule has 0 bridgehead atoms. The number of benzene rings is 3. The van der Waals surface area contributed by atoms with Crippen molar-refractivity contribution in [2.75, 3.05) is 84.1 Å². The quantitative estimate of drug-likeness (QED) is 0.0206. The first-order chi connectivity index (χ1) is 63.9. The second kappa shape index (κ2) is 48.6. The van der Waals surface area contributed by atoms with E-state index in [-0.39, 0.29) is 121 Å². The number of nitrogens with zero attached hydrogens (tertiary/aromatic N) is 14. The third-order valence-electron chi connectivity index (χ3n) is 23.6. The summed E-state index contributed by atoms with van der Waals surface area (Å²) in [6.07, 6.45) is 23.8. The number of hydrogen-bond acceptors (Lipinski definition) is 31. The van der Waals surface area contributed by atoms with Crippen LogP contribution >= 0.6 is 71.7 Å². The van der Waals surface area contributed by atoms with Crippen LogP contribution in [0.2, 0.25) is 20.4 Å². The molecule has 3 unspecified atom stereocenters. The Kier molecular flexibility index (Phi) is 40.2. The normalized spacial score (nSPS) is 16.8. The lowest BCUT2D eigenvalue weighted by molar-refractivity contribution is 0.0194. The summed E-state index contributed by atoms with van der Waals surface area (Å²) < 4.78 is 111. The smallest absolute Gasteiger partial charge is 0.410 e. The van der Waals surface area contributed by atoms with Crippen molar-refractivity contribution in [2.45, 2.75) is 295 Å². The Morgan fingerprint density at radius 2 is 0.754 bits per heavy atom. The predicted molar refractivity (Wildman–Crippen MR) is 560 cm³/mol. The number of nitrogens with two attached hydrogens (primary N) is 1. The third-order valence-corrected chi connectivity index (χ3v) is 30.9. The molecule has 2 amide bonds. The maximum atomic E-state index is 13.0. The molecule has 8 N–H and O–H groups in total. The fourth-order valence-corrected chi connectivity index (χ4v) is 20.9. The Morgan fingerprint density at radius 1 is 0.457 bits per heavy atom. The van der Waals surface area contributed by atoms with E-state index < -0.39 is 56.5 Å². The molecule has 0 aliphatic carbocycles. The van der Waals surface area contributed by atoms with Crippen LogP contribution in [0, 0.1) is 20.8 Å². The number of nitrogen functional groups attached to an aromatic ring is 1. The van der Waals surface area contributed by atoms with Gasteiger partial charge in [0.25, 0.3) is 0 Å². The third kappa shape index (κ3) is 28.3. The molecule has 762 valence electrons. The molecular formula is C95H141Cl4N21O13S5. The number of rotatable bonds is 19. The maximum Gasteiger partial charge on any atom is 0.410 e. The standard InChI is InChI=1S/C32H44ClN7O5S.C27H36ClN7O3S.C21H32N2O3.C11H13Cl2N5O2S.2CH4S.2CH4/c1-18(2)46(42,43)29-25(17-39(8)38-29)35-28-23(33)16-34-30(37-28)36-24-15-19(3)26(22-10-9-20(4)44-27(22)24)21-11-13-40(14-12-21)31(41)45-32(5,6)7;1-15(2)39(36,37)26-22(14-35(5)34-26)31-25-20(28)13-30-27(33-25)32-21-12-16(3)23(18-8-10-29-11-9-18)19-7-6-17(4)38-24(19)21;1-13-12-17(22)19-16(7-6-14(2)25-19)18(13)15-8-10-23(11-9-15)20(24)26-21(3,4)5;1-6(2)21(19,20)10-8(5-18(3)17-10)15-9-7(12)4-14-11(13)16-9;2*1-2;;/h15-18,20-21H,9-14H2,1-8H3,(H2,34,35,36,37);12-15,17-18,29H,6-11H2,1-5H3,(H2,30,31,32,33);12,14-15H,6-11,22H2,1-5H3;4-6H,1-3H3,(H,14,15,16);2*2H,1H3;2*1H4. The number of thiol groups is 2. The zero-order valence-electron chi connectivity index (χ0n) is 81.9. The molecule has 0 saturated carbocycles. The number of likely N-dealkylation sites (tertiary alicyclic amines) is 2. The molecule has 3 atom stereocenters. The largest absolute Gasteiger partial charge is 0.488 e. The molecule has 6 aliphatic rings. The van der Waals surface area contributed by atoms with Gasteiger partial charge in [-0.25, -0.2) is 49.8 Å². The van der Waals surface area contributed by atoms with Crippen LogP contribution in [0.1, 0.15) is 244 Å². The Morgan fingerprint density at radius 3 is 1.08 bits per heavy atom. The van der Waals surface area contributed by atoms with Gasteiger partial charge in [0.1, 0.15) is 43.5 Å². The lowest BCUT2D eigenvalue weighted by atomic mass is 9.81. The summed E-state index contributed by atoms with van der Waals surface area (Å²) in [5, 5.41) is 30.1. The minimum Gasteiger partial charge on any atom is -0.488 e. The highest BCUT2D eigenvalue weighted by atomic mass is 35.5. The number of hydrogen-bond donors (Lipinski definition) is 9. The number of nitrogens with one attached hydrogen (secondary N) is 6. The van der Waals surface area contributed by atoms with Crippen molar-refractivity contribution in [1.82, 2.24) is 74.4 Å². The Balaban J connectivity index is 0.000000230. The molecule has 6 aromatic heterocycles. The number of anilines is 11. The number of halogens is 4. The molecule has 6 aliphatic heterocycles. The van der Waals surface area contributed by atoms with Gasteiger partial charge < -0.3 is 71.1 Å². The van der Waals surface area contributed by atoms with Gasteiger partial charge in [-0.1, -0.05) is 49.7 Å². The van der Waals surface area contributed by atoms with Crippen molar-refractivity contribution >= 4 is 177 Å². The van der Waals surface area contributed by atoms with Crippen LogP contribution < -0.4 is 51.8 Å². The van der Waals surface area contributed by atoms with Crippen molar-refractivity contribution in [1.29, 1.82) is 0 Å². The summed E-state index contributed by atoms with van der Waals surface area (Å²) in [6, 6.07) is 6.23. The summed E-state index contributed by atoms with van der Waals surface area (Å²) in [7, 11) is -5.90. The molecule has 15 rings (SSSR count). The second-order valence-corrected chi connectivity index (χ2v) is 46.2. The van der Waals surface area contributed by atoms with Crippen LogP contribution in [-0.4, -0.2) is 204 Å². The number of ether oxygens (including phenoxy) is 5. The Hall–Kier alpha value is -9.06. The lowest BCUT2D eigenvalue weighted by Gasteiger charge is -2.36. The highest BCUT2D eigenvalue weighted by Gasteiger charge is 2.38. The first kappa shape index (κ1) is 114. The molecule has 43 heteroatoms. The summed E-state index contributed by atoms with van der Waals surface area (Å²) in [4.78, 5) is 54.2. The number of aromatic nitrogens is 12. The molecular weight excluding hydrogens is 1950 g/mol. The number of piperidine rings is 3. The van der Waals surface area contributed by atoms with Gasteiger partial charge in [-0.2, -0.15) is 55.5 Å². The fraction of sp³-hybridized carbons (Fsp3) is 0.568. The summed E-state index contributed by atoms with van der Waals surface area (Å²) >= 11 is 31.6. The molecule has 3 saturated heterocycles. The van der Waals surface area contributed by atoms with Crippen molar-refractivity contribution in [3.05, 3.63) is 126 Å². The van der Waals surface area contributed by atoms with Crippen LogP contribution in [0.15, 0.2) is 70.5 Å². The van der Waals surface area contributed by atoms with Gasteiger partial charge in [0.05, 0.1) is 86.8 Å². The van der Waals surface area contributed by atoms with Gasteiger partial charge in [-0.05, 0) is 308 Å². The average Bonchev–Trinajstić information content (AvgIpc) is 1.27. The minimum atomic E-state index is -3.67. The SMILES string of the molecule is C.C.CC(C)S(=O)(=O)c1nn(C)cc1Nc1nc(Cl)ncc1Cl.CS.CS.Cc1cc(N)c2c(c1C1CCN(C(=O)OC(C)(C)C)CC1)CCC(C)O2.Cc1cc(Nc2ncc(Cl)c(Nc3cn(C)nc3S(=O)(=O)C(C)C)n2)c2c(c1C1CCN(C(=O)OC(C)(C)C)CC1)CCC(C)O2.Cc1cc(Nc2ncc(Cl)c(Nc3cn(C)nc3S(=O)(=O)C(C)C)n2)c2c(c1C1CCNCC1)CCC(C)O2. The van der Waals surface area contributed by atoms with E-state index in [1.807, 2.05) is 52.5 Å². The molecule has 3 aromatic carbocycles. The summed E-state index contributed by atoms with van der Waals surface area (Å²) in [5.41, 5.74) is 19.8. The van der Waals surface area contributed by atoms with Crippen LogP contribution in [0.4, 0.5) is 73.1 Å². The van der Waals surface area contributed by atoms with Crippen LogP contribution in [0.3, 0.4) is 0 Å². The number of sulfone groups is 3. The van der Waals surface area contributed by atoms with E-state index in [9.17, 15) is 34.8 Å². The average molecular weight is 2090 g/mol. The Labute approximate surface area is 846 Å². The lowest BCUT2D eigenvalue weighted by Crippen LogP contribution is -2.41. The van der Waals surface area contributed by atoms with Gasteiger partial charge in [-0.3, -0.25) is 14.0 Å². The number of aryl methyl sites for hydroxylation is 6. The minimum absolute atomic E-state index is 0. The van der Waals surface area contributed by atoms with Crippen LogP contribution in [0.25, 0.3) is 0 Å². The topological polar surface area (TPSA) is 418 Å². The predicted octanol–water partition coefficient (Wildman–Crippen LogP) is 20.9. The van der Waals surface area contributed by atoms with Crippen LogP contribution in [0.5, 0.6) is 17.2 Å². The number of carbonyl (C=O) groups is 2. The van der Waals surface area contributed by atoms with Crippen molar-refractivity contribution in [3.63, 3.8) is 0 Å². The van der Waals surface area contributed by atoms with E-state index in [1.54, 1.807) is 92.5 Å². The van der Waals surface area contributed by atoms with E-state index in [4.69, 9.17) is 75.8 Å². The maximum absolute atomic E-state index is 13.0. The second-order valence-electron chi connectivity index (χ2n) is 37.4. The van der Waals surface area contributed by atoms with E-state index in [0.29, 0.717) is 36.6 Å². The number of amides is 2. The van der Waals surface area contributed by atoms with Gasteiger partial charge in [0, 0.05) is 82.6 Å². The summed E-state index contributed by atoms with van der Waals surface area (Å²) in [5.74, 6) is 5.08. The van der Waals surface area contributed by atoms with E-state index in [2.05, 4.69) is 156 Å². The van der Waals surface area contributed by atoms with Gasteiger partial charge in [-0.15, -0.1) is 0 Å². The molecule has 0 radical (unpaired) electrons. The van der Waals surface area contributed by atoms with E-state index >= 15 is 0 Å². The number of carbonyl (C=O) groups excluding carboxylic acids is 2. The van der Waals surface area contributed by atoms with Crippen molar-refractivity contribution in [2.24, 2.45) is 21.1 Å². The Bertz CT molecular complexity index is 6090. The van der Waals surface area contributed by atoms with E-state index in [0.717, 1.165) is 143 Å². The monoisotopic (exact) mass is 2080 g/mol. The zero-order chi connectivity index (χ0) is 100. The molecule has 12 heterocycles. The zero-order valence-corrected chi connectivity index (χ0v) is 89.2. The molecule has 9 aromatic rings. The first-order valence-electron chi connectivity index (χ1n) is 45.7. The van der Waals surface area contributed by atoms with E-state index in [1.165, 1.54) is 83.3 Å². The fourth-order valence-electron chi connectivity index (χ4n) is 17.1. The van der Waals surface area contributed by atoms with Gasteiger partial charge >= 0.3 is 12.2 Å². The highest BCUT2D eigenvalue weighted by molar-refractivity contribution is 7.92. The molecule has 0 spiro atoms. The first-order valence-corrected chi connectivity index (χ1v) is 53.6. The summed E-state index contributed by atoms with van der Waals surface area (Å²) in [6.45, 7) is 38.4. The van der Waals surface area contributed by atoms with Crippen molar-refractivity contribution in [3.8, 4) is 17.2 Å². The number of fused-ring (bicyclic) bond motifs is 3. The highest BCUT2D eigenvalue weighted by Crippen LogP contribution is 2.49. The van der Waals surface area contributed by atoms with Crippen molar-refractivity contribution < 1.29 is 58.5 Å².